The van der Waals surface area contributed by atoms with Crippen LogP contribution in [0.3, 0.4) is 0 Å². The normalized spacial score (nSPS) is 15.7. The van der Waals surface area contributed by atoms with Gasteiger partial charge >= 0.3 is 0 Å². The van der Waals surface area contributed by atoms with E-state index in [0.29, 0.717) is 18.2 Å². The third kappa shape index (κ3) is 2.33. The lowest BCUT2D eigenvalue weighted by molar-refractivity contribution is -0.138. The minimum Gasteiger partial charge on any atom is -0.340 e. The molecule has 7 heteroatoms. The predicted octanol–water partition coefficient (Wildman–Crippen LogP) is 0.779. The van der Waals surface area contributed by atoms with E-state index in [9.17, 15) is 9.59 Å². The van der Waals surface area contributed by atoms with Gasteiger partial charge in [0.15, 0.2) is 5.13 Å². The minimum atomic E-state index is -0.143. The lowest BCUT2D eigenvalue weighted by Crippen LogP contribution is -2.54. The summed E-state index contributed by atoms with van der Waals surface area (Å²) < 4.78 is 0. The van der Waals surface area contributed by atoms with Crippen LogP contribution in [0.15, 0.2) is 11.6 Å². The summed E-state index contributed by atoms with van der Waals surface area (Å²) in [7, 11) is 0. The van der Waals surface area contributed by atoms with Crippen LogP contribution in [-0.4, -0.2) is 40.7 Å². The first-order valence-electron chi connectivity index (χ1n) is 4.75. The fourth-order valence-electron chi connectivity index (χ4n) is 1.43. The second-order valence-electron chi connectivity index (χ2n) is 3.46. The molecule has 2 amide bonds. The molecule has 16 heavy (non-hydrogen) atoms. The fourth-order valence-corrected chi connectivity index (χ4v) is 2.13. The molecule has 5 nitrogen and oxygen atoms in total. The van der Waals surface area contributed by atoms with Crippen molar-refractivity contribution in [1.82, 2.24) is 9.88 Å². The van der Waals surface area contributed by atoms with Crippen LogP contribution in [0.5, 0.6) is 0 Å². The van der Waals surface area contributed by atoms with Crippen LogP contribution in [0, 0.1) is 5.92 Å². The molecule has 2 heterocycles. The molecule has 0 unspecified atom stereocenters. The van der Waals surface area contributed by atoms with Gasteiger partial charge in [0, 0.05) is 24.7 Å². The van der Waals surface area contributed by atoms with Crippen LogP contribution in [0.1, 0.15) is 0 Å². The maximum absolute atomic E-state index is 11.6. The highest BCUT2D eigenvalue weighted by atomic mass is 35.5. The summed E-state index contributed by atoms with van der Waals surface area (Å²) in [6.45, 7) is 0.894. The Bertz CT molecular complexity index is 389. The van der Waals surface area contributed by atoms with Crippen molar-refractivity contribution >= 4 is 39.9 Å². The molecule has 2 rings (SSSR count). The van der Waals surface area contributed by atoms with Crippen molar-refractivity contribution in [2.45, 2.75) is 0 Å². The molecule has 1 fully saturated rings. The average Bonchev–Trinajstić information content (AvgIpc) is 2.67. The number of likely N-dealkylation sites (tertiary alicyclic amines) is 1. The highest BCUT2D eigenvalue weighted by Gasteiger charge is 2.35. The first kappa shape index (κ1) is 11.3. The number of hydrogen-bond donors (Lipinski definition) is 1. The van der Waals surface area contributed by atoms with Crippen molar-refractivity contribution in [1.29, 1.82) is 0 Å². The van der Waals surface area contributed by atoms with Gasteiger partial charge in [-0.1, -0.05) is 0 Å². The number of anilines is 1. The van der Waals surface area contributed by atoms with Crippen LogP contribution in [0.4, 0.5) is 5.13 Å². The molecular formula is C9H10ClN3O2S. The van der Waals surface area contributed by atoms with Crippen LogP contribution in [0.25, 0.3) is 0 Å². The highest BCUT2D eigenvalue weighted by Crippen LogP contribution is 2.19. The summed E-state index contributed by atoms with van der Waals surface area (Å²) in [5.41, 5.74) is 0. The maximum atomic E-state index is 11.6. The molecule has 0 bridgehead atoms. The number of thiazole rings is 1. The SMILES string of the molecule is O=C(Nc1nccs1)C1CN(C(=O)CCl)C1. The third-order valence-corrected chi connectivity index (χ3v) is 3.30. The number of nitrogens with zero attached hydrogens (tertiary/aromatic N) is 2. The van der Waals surface area contributed by atoms with E-state index in [4.69, 9.17) is 11.6 Å². The minimum absolute atomic E-state index is 0.0270. The summed E-state index contributed by atoms with van der Waals surface area (Å²) in [5, 5.41) is 5.08. The number of rotatable bonds is 3. The lowest BCUT2D eigenvalue weighted by atomic mass is 9.99. The molecular weight excluding hydrogens is 250 g/mol. The van der Waals surface area contributed by atoms with Gasteiger partial charge in [-0.3, -0.25) is 9.59 Å². The molecule has 1 saturated heterocycles. The largest absolute Gasteiger partial charge is 0.340 e. The zero-order chi connectivity index (χ0) is 11.5. The molecule has 1 aliphatic heterocycles. The highest BCUT2D eigenvalue weighted by molar-refractivity contribution is 7.13. The number of halogens is 1. The molecule has 1 aromatic heterocycles. The van der Waals surface area contributed by atoms with E-state index in [1.807, 2.05) is 0 Å². The van der Waals surface area contributed by atoms with Crippen molar-refractivity contribution in [3.8, 4) is 0 Å². The van der Waals surface area contributed by atoms with Gasteiger partial charge in [0.05, 0.1) is 5.92 Å². The van der Waals surface area contributed by atoms with Crippen LogP contribution < -0.4 is 5.32 Å². The molecule has 0 aliphatic carbocycles. The summed E-state index contributed by atoms with van der Waals surface area (Å²) in [6, 6.07) is 0. The molecule has 0 radical (unpaired) electrons. The number of aromatic nitrogens is 1. The second kappa shape index (κ2) is 4.80. The monoisotopic (exact) mass is 259 g/mol. The number of hydrogen-bond acceptors (Lipinski definition) is 4. The van der Waals surface area contributed by atoms with Crippen LogP contribution in [-0.2, 0) is 9.59 Å². The van der Waals surface area contributed by atoms with Gasteiger partial charge in [-0.15, -0.1) is 22.9 Å². The Morgan fingerprint density at radius 2 is 2.38 bits per heavy atom. The fraction of sp³-hybridized carbons (Fsp3) is 0.444. The zero-order valence-corrected chi connectivity index (χ0v) is 9.92. The van der Waals surface area contributed by atoms with Crippen molar-refractivity contribution < 1.29 is 9.59 Å². The van der Waals surface area contributed by atoms with Crippen molar-refractivity contribution in [3.05, 3.63) is 11.6 Å². The number of nitrogens with one attached hydrogen (secondary N) is 1. The summed E-state index contributed by atoms with van der Waals surface area (Å²) in [6.07, 6.45) is 1.63. The van der Waals surface area contributed by atoms with Crippen molar-refractivity contribution in [2.24, 2.45) is 5.92 Å². The van der Waals surface area contributed by atoms with Gasteiger partial charge in [-0.25, -0.2) is 4.98 Å². The van der Waals surface area contributed by atoms with E-state index in [-0.39, 0.29) is 23.6 Å². The molecule has 1 aromatic rings. The van der Waals surface area contributed by atoms with E-state index in [0.717, 1.165) is 0 Å². The average molecular weight is 260 g/mol. The summed E-state index contributed by atoms with van der Waals surface area (Å²) in [4.78, 5) is 28.3. The van der Waals surface area contributed by atoms with Crippen LogP contribution >= 0.6 is 22.9 Å². The van der Waals surface area contributed by atoms with Gasteiger partial charge in [-0.05, 0) is 0 Å². The van der Waals surface area contributed by atoms with E-state index >= 15 is 0 Å². The predicted molar refractivity (Wildman–Crippen MR) is 61.5 cm³/mol. The standard InChI is InChI=1S/C9H10ClN3O2S/c10-3-7(14)13-4-6(5-13)8(15)12-9-11-1-2-16-9/h1-2,6H,3-5H2,(H,11,12,15). The van der Waals surface area contributed by atoms with Gasteiger partial charge in [-0.2, -0.15) is 0 Å². The summed E-state index contributed by atoms with van der Waals surface area (Å²) in [5.74, 6) is -0.384. The Balaban J connectivity index is 1.79. The van der Waals surface area contributed by atoms with Gasteiger partial charge in [0.2, 0.25) is 11.8 Å². The van der Waals surface area contributed by atoms with Gasteiger partial charge in [0.1, 0.15) is 5.88 Å². The molecule has 1 aliphatic rings. The number of amides is 2. The molecule has 0 spiro atoms. The Kier molecular flexibility index (Phi) is 3.40. The quantitative estimate of drug-likeness (QED) is 0.816. The molecule has 86 valence electrons. The molecule has 0 atom stereocenters. The van der Waals surface area contributed by atoms with E-state index < -0.39 is 0 Å². The lowest BCUT2D eigenvalue weighted by Gasteiger charge is -2.37. The molecule has 1 N–H and O–H groups in total. The Hall–Kier alpha value is -1.14. The number of alkyl halides is 1. The third-order valence-electron chi connectivity index (χ3n) is 2.38. The molecule has 0 aromatic carbocycles. The second-order valence-corrected chi connectivity index (χ2v) is 4.62. The Morgan fingerprint density at radius 1 is 1.62 bits per heavy atom. The van der Waals surface area contributed by atoms with Crippen LogP contribution in [0.2, 0.25) is 0 Å². The van der Waals surface area contributed by atoms with E-state index in [1.165, 1.54) is 11.3 Å². The van der Waals surface area contributed by atoms with Gasteiger partial charge in [0.25, 0.3) is 0 Å². The number of carbonyl (C=O) groups excluding carboxylic acids is 2. The molecule has 0 saturated carbocycles. The maximum Gasteiger partial charge on any atom is 0.237 e. The van der Waals surface area contributed by atoms with E-state index in [1.54, 1.807) is 16.5 Å². The van der Waals surface area contributed by atoms with Gasteiger partial charge < -0.3 is 10.2 Å². The first-order chi connectivity index (χ1) is 7.70. The first-order valence-corrected chi connectivity index (χ1v) is 6.16. The topological polar surface area (TPSA) is 62.3 Å². The van der Waals surface area contributed by atoms with Crippen molar-refractivity contribution in [2.75, 3.05) is 24.3 Å². The van der Waals surface area contributed by atoms with Crippen molar-refractivity contribution in [3.63, 3.8) is 0 Å². The van der Waals surface area contributed by atoms with E-state index in [2.05, 4.69) is 10.3 Å². The Morgan fingerprint density at radius 3 is 2.94 bits per heavy atom. The smallest absolute Gasteiger partial charge is 0.237 e. The zero-order valence-electron chi connectivity index (χ0n) is 8.35. The number of carbonyl (C=O) groups is 2. The Labute approximate surface area is 101 Å². The summed E-state index contributed by atoms with van der Waals surface area (Å²) >= 11 is 6.77.